The van der Waals surface area contributed by atoms with Crippen molar-refractivity contribution < 1.29 is 0 Å². The van der Waals surface area contributed by atoms with Gasteiger partial charge in [-0.1, -0.05) is 63.9 Å². The number of aromatic nitrogens is 1. The molecule has 0 amide bonds. The van der Waals surface area contributed by atoms with Crippen molar-refractivity contribution in [2.24, 2.45) is 5.92 Å². The molecule has 2 aromatic rings. The van der Waals surface area contributed by atoms with E-state index in [0.29, 0.717) is 5.92 Å². The molecule has 1 nitrogen and oxygen atoms in total. The number of nitrogens with zero attached hydrogens (tertiary/aromatic N) is 1. The summed E-state index contributed by atoms with van der Waals surface area (Å²) >= 11 is 6.10. The van der Waals surface area contributed by atoms with Crippen LogP contribution in [0.4, 0.5) is 0 Å². The molecule has 2 rings (SSSR count). The maximum Gasteiger partial charge on any atom is 0.0891 e. The summed E-state index contributed by atoms with van der Waals surface area (Å²) in [5.41, 5.74) is 2.03. The Kier molecular flexibility index (Phi) is 9.75. The highest BCUT2D eigenvalue weighted by Crippen LogP contribution is 2.22. The van der Waals surface area contributed by atoms with Gasteiger partial charge in [0.1, 0.15) is 0 Å². The van der Waals surface area contributed by atoms with Gasteiger partial charge in [-0.15, -0.1) is 13.2 Å². The van der Waals surface area contributed by atoms with E-state index in [1.165, 1.54) is 6.42 Å². The van der Waals surface area contributed by atoms with Crippen molar-refractivity contribution in [1.29, 1.82) is 0 Å². The number of pyridine rings is 1. The van der Waals surface area contributed by atoms with Crippen LogP contribution in [0.3, 0.4) is 0 Å². The first kappa shape index (κ1) is 18.7. The normalized spacial score (nSPS) is 9.50. The van der Waals surface area contributed by atoms with E-state index in [9.17, 15) is 0 Å². The highest BCUT2D eigenvalue weighted by atomic mass is 35.5. The number of benzene rings is 1. The number of para-hydroxylation sites is 1. The maximum atomic E-state index is 6.10. The Bertz CT molecular complexity index is 506. The average molecular weight is 292 g/mol. The molecule has 1 heterocycles. The van der Waals surface area contributed by atoms with Crippen molar-refractivity contribution in [3.8, 4) is 0 Å². The Morgan fingerprint density at radius 3 is 2.25 bits per heavy atom. The van der Waals surface area contributed by atoms with E-state index in [4.69, 9.17) is 11.6 Å². The van der Waals surface area contributed by atoms with Gasteiger partial charge >= 0.3 is 0 Å². The molecule has 1 aromatic carbocycles. The van der Waals surface area contributed by atoms with Gasteiger partial charge in [-0.25, -0.2) is 0 Å². The van der Waals surface area contributed by atoms with Gasteiger partial charge in [-0.3, -0.25) is 4.98 Å². The SMILES string of the molecule is C=C.CC(C)Cc1ccc2cccc(Cl)c2n1.CCC. The van der Waals surface area contributed by atoms with Crippen molar-refractivity contribution in [2.45, 2.75) is 40.5 Å². The number of hydrogen-bond donors (Lipinski definition) is 0. The van der Waals surface area contributed by atoms with Crippen LogP contribution in [-0.2, 0) is 6.42 Å². The lowest BCUT2D eigenvalue weighted by atomic mass is 10.1. The third kappa shape index (κ3) is 6.21. The van der Waals surface area contributed by atoms with Crippen molar-refractivity contribution in [2.75, 3.05) is 0 Å². The minimum atomic E-state index is 0.623. The van der Waals surface area contributed by atoms with Gasteiger partial charge < -0.3 is 0 Å². The highest BCUT2D eigenvalue weighted by molar-refractivity contribution is 6.35. The fourth-order valence-electron chi connectivity index (χ4n) is 1.68. The third-order valence-corrected chi connectivity index (χ3v) is 2.65. The molecule has 0 radical (unpaired) electrons. The summed E-state index contributed by atoms with van der Waals surface area (Å²) in [4.78, 5) is 4.58. The predicted molar refractivity (Wildman–Crippen MR) is 92.5 cm³/mol. The summed E-state index contributed by atoms with van der Waals surface area (Å²) in [6.07, 6.45) is 2.25. The fraction of sp³-hybridized carbons (Fsp3) is 0.389. The fourth-order valence-corrected chi connectivity index (χ4v) is 1.91. The Labute approximate surface area is 128 Å². The van der Waals surface area contributed by atoms with Gasteiger partial charge in [0.2, 0.25) is 0 Å². The molecule has 2 heteroatoms. The zero-order chi connectivity index (χ0) is 15.5. The van der Waals surface area contributed by atoms with Crippen molar-refractivity contribution >= 4 is 22.5 Å². The van der Waals surface area contributed by atoms with E-state index in [-0.39, 0.29) is 0 Å². The molecule has 0 fully saturated rings. The number of hydrogen-bond acceptors (Lipinski definition) is 1. The lowest BCUT2D eigenvalue weighted by molar-refractivity contribution is 0.637. The summed E-state index contributed by atoms with van der Waals surface area (Å²) in [6.45, 7) is 14.6. The van der Waals surface area contributed by atoms with E-state index in [1.807, 2.05) is 18.2 Å². The number of rotatable bonds is 2. The van der Waals surface area contributed by atoms with Crippen LogP contribution in [0.25, 0.3) is 10.9 Å². The Morgan fingerprint density at radius 1 is 1.10 bits per heavy atom. The Morgan fingerprint density at radius 2 is 1.70 bits per heavy atom. The van der Waals surface area contributed by atoms with Crippen LogP contribution in [0, 0.1) is 5.92 Å². The molecule has 0 aliphatic heterocycles. The van der Waals surface area contributed by atoms with E-state index in [1.54, 1.807) is 0 Å². The molecule has 0 aliphatic rings. The molecule has 110 valence electrons. The van der Waals surface area contributed by atoms with Crippen molar-refractivity contribution in [1.82, 2.24) is 4.98 Å². The molecule has 1 aromatic heterocycles. The van der Waals surface area contributed by atoms with Gasteiger partial charge in [0.15, 0.2) is 0 Å². The first-order valence-corrected chi connectivity index (χ1v) is 7.50. The molecular weight excluding hydrogens is 266 g/mol. The standard InChI is InChI=1S/C13H14ClN.C3H8.C2H4/c1-9(2)8-11-7-6-10-4-3-5-12(14)13(10)15-11;1-3-2;1-2/h3-7,9H,8H2,1-2H3;3H2,1-2H3;1-2H2. The summed E-state index contributed by atoms with van der Waals surface area (Å²) in [5.74, 6) is 0.623. The van der Waals surface area contributed by atoms with Gasteiger partial charge in [-0.05, 0) is 24.5 Å². The van der Waals surface area contributed by atoms with Crippen LogP contribution in [0.15, 0.2) is 43.5 Å². The monoisotopic (exact) mass is 291 g/mol. The Hall–Kier alpha value is -1.34. The minimum Gasteiger partial charge on any atom is -0.251 e. The first-order chi connectivity index (χ1) is 9.58. The smallest absolute Gasteiger partial charge is 0.0891 e. The number of halogens is 1. The summed E-state index contributed by atoms with van der Waals surface area (Å²) in [7, 11) is 0. The molecule has 0 spiro atoms. The third-order valence-electron chi connectivity index (χ3n) is 2.35. The second-order valence-corrected chi connectivity index (χ2v) is 5.33. The van der Waals surface area contributed by atoms with Crippen LogP contribution in [0.5, 0.6) is 0 Å². The van der Waals surface area contributed by atoms with Crippen LogP contribution in [0.2, 0.25) is 5.02 Å². The topological polar surface area (TPSA) is 12.9 Å². The summed E-state index contributed by atoms with van der Waals surface area (Å²) in [6, 6.07) is 10.0. The molecule has 0 saturated carbocycles. The quantitative estimate of drug-likeness (QED) is 0.591. The van der Waals surface area contributed by atoms with E-state index < -0.39 is 0 Å². The maximum absolute atomic E-state index is 6.10. The summed E-state index contributed by atoms with van der Waals surface area (Å²) < 4.78 is 0. The van der Waals surface area contributed by atoms with Crippen molar-refractivity contribution in [3.63, 3.8) is 0 Å². The predicted octanol–water partition coefficient (Wildman–Crippen LogP) is 6.31. The second-order valence-electron chi connectivity index (χ2n) is 4.92. The van der Waals surface area contributed by atoms with Crippen LogP contribution < -0.4 is 0 Å². The molecule has 0 aliphatic carbocycles. The van der Waals surface area contributed by atoms with Gasteiger partial charge in [0.05, 0.1) is 10.5 Å². The molecule has 0 unspecified atom stereocenters. The lowest BCUT2D eigenvalue weighted by Crippen LogP contribution is -1.97. The van der Waals surface area contributed by atoms with Crippen LogP contribution in [-0.4, -0.2) is 4.98 Å². The van der Waals surface area contributed by atoms with Crippen molar-refractivity contribution in [3.05, 3.63) is 54.2 Å². The van der Waals surface area contributed by atoms with Gasteiger partial charge in [0.25, 0.3) is 0 Å². The van der Waals surface area contributed by atoms with Gasteiger partial charge in [0, 0.05) is 11.1 Å². The van der Waals surface area contributed by atoms with E-state index in [2.05, 4.69) is 58.0 Å². The molecule has 0 atom stereocenters. The van der Waals surface area contributed by atoms with E-state index in [0.717, 1.165) is 28.0 Å². The van der Waals surface area contributed by atoms with Crippen LogP contribution >= 0.6 is 11.6 Å². The van der Waals surface area contributed by atoms with Gasteiger partial charge in [-0.2, -0.15) is 0 Å². The molecule has 0 bridgehead atoms. The average Bonchev–Trinajstić information content (AvgIpc) is 2.42. The lowest BCUT2D eigenvalue weighted by Gasteiger charge is -2.06. The van der Waals surface area contributed by atoms with E-state index >= 15 is 0 Å². The molecule has 0 saturated heterocycles. The summed E-state index contributed by atoms with van der Waals surface area (Å²) in [5, 5.41) is 1.84. The van der Waals surface area contributed by atoms with Crippen LogP contribution in [0.1, 0.15) is 39.8 Å². The Balaban J connectivity index is 0.000000641. The zero-order valence-corrected chi connectivity index (χ0v) is 13.9. The molecule has 20 heavy (non-hydrogen) atoms. The highest BCUT2D eigenvalue weighted by Gasteiger charge is 2.03. The zero-order valence-electron chi connectivity index (χ0n) is 13.1. The first-order valence-electron chi connectivity index (χ1n) is 7.12. The molecular formula is C18H26ClN. The minimum absolute atomic E-state index is 0.623. The molecule has 0 N–H and O–H groups in total. The number of fused-ring (bicyclic) bond motifs is 1. The second kappa shape index (κ2) is 10.4. The largest absolute Gasteiger partial charge is 0.251 e.